The third kappa shape index (κ3) is 2.75. The predicted octanol–water partition coefficient (Wildman–Crippen LogP) is 7.35. The van der Waals surface area contributed by atoms with Crippen molar-refractivity contribution in [2.24, 2.45) is 0 Å². The van der Waals surface area contributed by atoms with E-state index in [4.69, 9.17) is 0 Å². The van der Waals surface area contributed by atoms with Gasteiger partial charge in [0, 0.05) is 45.7 Å². The van der Waals surface area contributed by atoms with Gasteiger partial charge >= 0.3 is 0 Å². The normalized spacial score (nSPS) is 13.8. The standard InChI is InChI=1S/C15H15N.C14H8N2/c1-15(2)11-7-3-5-9-13(11)16-14-10-6-4-8-12(14)15;1-3-9-4-2-6-11-12(9)10(5-1)13-14(11)16-8-7-15-13/h3-10,16H,1-2H3;1-8H. The number of nitrogens with one attached hydrogen (secondary N) is 1. The number of nitrogens with zero attached hydrogens (tertiary/aromatic N) is 2. The SMILES string of the molecule is CC1(C)c2ccccc2Nc2ccccc21.c1cc2c3c(cccc3c1)-c1nccnc1-2. The van der Waals surface area contributed by atoms with Crippen LogP contribution >= 0.6 is 0 Å². The lowest BCUT2D eigenvalue weighted by Crippen LogP contribution is -2.25. The summed E-state index contributed by atoms with van der Waals surface area (Å²) in [6, 6.07) is 29.7. The lowest BCUT2D eigenvalue weighted by Gasteiger charge is -2.35. The molecule has 0 bridgehead atoms. The highest BCUT2D eigenvalue weighted by Gasteiger charge is 2.31. The van der Waals surface area contributed by atoms with E-state index in [9.17, 15) is 0 Å². The van der Waals surface area contributed by atoms with Gasteiger partial charge in [0.1, 0.15) is 0 Å². The van der Waals surface area contributed by atoms with Crippen LogP contribution in [0.5, 0.6) is 0 Å². The molecule has 0 spiro atoms. The first kappa shape index (κ1) is 18.8. The van der Waals surface area contributed by atoms with E-state index in [1.54, 1.807) is 12.4 Å². The van der Waals surface area contributed by atoms with E-state index < -0.39 is 0 Å². The van der Waals surface area contributed by atoms with Crippen molar-refractivity contribution < 1.29 is 0 Å². The first-order chi connectivity index (χ1) is 15.6. The lowest BCUT2D eigenvalue weighted by atomic mass is 9.74. The predicted molar refractivity (Wildman–Crippen MR) is 132 cm³/mol. The van der Waals surface area contributed by atoms with Gasteiger partial charge in [-0.05, 0) is 28.6 Å². The molecule has 2 heterocycles. The molecule has 0 unspecified atom stereocenters. The summed E-state index contributed by atoms with van der Waals surface area (Å²) < 4.78 is 0. The Hall–Kier alpha value is -3.98. The number of aromatic nitrogens is 2. The fourth-order valence-corrected chi connectivity index (χ4v) is 5.03. The fourth-order valence-electron chi connectivity index (χ4n) is 5.03. The van der Waals surface area contributed by atoms with E-state index in [0.29, 0.717) is 0 Å². The summed E-state index contributed by atoms with van der Waals surface area (Å²) in [5.74, 6) is 0. The van der Waals surface area contributed by atoms with Crippen LogP contribution in [-0.4, -0.2) is 9.97 Å². The van der Waals surface area contributed by atoms with E-state index in [0.717, 1.165) is 11.4 Å². The van der Waals surface area contributed by atoms with Gasteiger partial charge in [0.15, 0.2) is 0 Å². The molecule has 1 N–H and O–H groups in total. The summed E-state index contributed by atoms with van der Waals surface area (Å²) in [4.78, 5) is 8.87. The molecule has 32 heavy (non-hydrogen) atoms. The second-order valence-electron chi connectivity index (χ2n) is 8.80. The molecule has 0 saturated carbocycles. The summed E-state index contributed by atoms with van der Waals surface area (Å²) in [6.07, 6.45) is 3.51. The topological polar surface area (TPSA) is 37.8 Å². The van der Waals surface area contributed by atoms with Gasteiger partial charge in [0.2, 0.25) is 0 Å². The van der Waals surface area contributed by atoms with Gasteiger partial charge in [-0.3, -0.25) is 9.97 Å². The maximum atomic E-state index is 4.44. The molecule has 1 aromatic heterocycles. The second kappa shape index (κ2) is 7.03. The minimum Gasteiger partial charge on any atom is -0.355 e. The number of benzene rings is 4. The maximum absolute atomic E-state index is 4.44. The van der Waals surface area contributed by atoms with E-state index in [-0.39, 0.29) is 5.41 Å². The molecule has 0 fully saturated rings. The van der Waals surface area contributed by atoms with Crippen LogP contribution in [0, 0.1) is 0 Å². The van der Waals surface area contributed by atoms with Crippen LogP contribution in [0.25, 0.3) is 33.3 Å². The van der Waals surface area contributed by atoms with Crippen molar-refractivity contribution >= 4 is 22.1 Å². The van der Waals surface area contributed by atoms with Crippen LogP contribution in [0.4, 0.5) is 11.4 Å². The molecule has 0 atom stereocenters. The van der Waals surface area contributed by atoms with Crippen LogP contribution in [-0.2, 0) is 5.41 Å². The molecule has 4 aromatic carbocycles. The largest absolute Gasteiger partial charge is 0.355 e. The summed E-state index contributed by atoms with van der Waals surface area (Å²) in [5, 5.41) is 6.04. The molecule has 1 aliphatic heterocycles. The van der Waals surface area contributed by atoms with Crippen LogP contribution in [0.3, 0.4) is 0 Å². The maximum Gasteiger partial charge on any atom is 0.0971 e. The summed E-state index contributed by atoms with van der Waals surface area (Å²) in [7, 11) is 0. The van der Waals surface area contributed by atoms with Crippen molar-refractivity contribution in [1.82, 2.24) is 9.97 Å². The van der Waals surface area contributed by atoms with E-state index in [1.807, 2.05) is 0 Å². The summed E-state index contributed by atoms with van der Waals surface area (Å²) in [5.41, 5.74) is 9.70. The average Bonchev–Trinajstić information content (AvgIpc) is 3.16. The van der Waals surface area contributed by atoms with Gasteiger partial charge < -0.3 is 5.32 Å². The smallest absolute Gasteiger partial charge is 0.0971 e. The number of hydrogen-bond acceptors (Lipinski definition) is 3. The minimum absolute atomic E-state index is 0.0818. The number of rotatable bonds is 0. The molecule has 7 rings (SSSR count). The van der Waals surface area contributed by atoms with Gasteiger partial charge in [-0.2, -0.15) is 0 Å². The van der Waals surface area contributed by atoms with Gasteiger partial charge in [-0.1, -0.05) is 86.6 Å². The number of para-hydroxylation sites is 2. The molecule has 1 aliphatic carbocycles. The first-order valence-corrected chi connectivity index (χ1v) is 10.9. The summed E-state index contributed by atoms with van der Waals surface area (Å²) >= 11 is 0. The molecule has 154 valence electrons. The Morgan fingerprint density at radius 1 is 0.594 bits per heavy atom. The van der Waals surface area contributed by atoms with Gasteiger partial charge in [0.25, 0.3) is 0 Å². The Kier molecular flexibility index (Phi) is 4.12. The number of fused-ring (bicyclic) bond motifs is 5. The zero-order valence-electron chi connectivity index (χ0n) is 18.1. The molecule has 0 saturated heterocycles. The summed E-state index contributed by atoms with van der Waals surface area (Å²) in [6.45, 7) is 4.57. The molecule has 5 aromatic rings. The van der Waals surface area contributed by atoms with E-state index in [2.05, 4.69) is 114 Å². The van der Waals surface area contributed by atoms with E-state index >= 15 is 0 Å². The van der Waals surface area contributed by atoms with Crippen LogP contribution in [0.15, 0.2) is 97.3 Å². The molecule has 3 heteroatoms. The van der Waals surface area contributed by atoms with Crippen molar-refractivity contribution in [2.75, 3.05) is 5.32 Å². The zero-order valence-corrected chi connectivity index (χ0v) is 18.1. The first-order valence-electron chi connectivity index (χ1n) is 10.9. The Morgan fingerprint density at radius 2 is 1.09 bits per heavy atom. The Balaban J connectivity index is 0.000000122. The van der Waals surface area contributed by atoms with E-state index in [1.165, 1.54) is 44.4 Å². The second-order valence-corrected chi connectivity index (χ2v) is 8.80. The fraction of sp³-hybridized carbons (Fsp3) is 0.103. The molecule has 0 radical (unpaired) electrons. The van der Waals surface area contributed by atoms with Crippen molar-refractivity contribution in [3.8, 4) is 22.5 Å². The average molecular weight is 414 g/mol. The minimum atomic E-state index is 0.0818. The number of hydrogen-bond donors (Lipinski definition) is 1. The monoisotopic (exact) mass is 413 g/mol. The van der Waals surface area contributed by atoms with Gasteiger partial charge in [-0.15, -0.1) is 0 Å². The molecular formula is C29H23N3. The zero-order chi connectivity index (χ0) is 21.7. The Bertz CT molecular complexity index is 1380. The third-order valence-corrected chi connectivity index (χ3v) is 6.58. The Morgan fingerprint density at radius 3 is 1.62 bits per heavy atom. The van der Waals surface area contributed by atoms with Crippen molar-refractivity contribution in [3.05, 3.63) is 108 Å². The molecule has 2 aliphatic rings. The van der Waals surface area contributed by atoms with Crippen molar-refractivity contribution in [3.63, 3.8) is 0 Å². The molecule has 3 nitrogen and oxygen atoms in total. The van der Waals surface area contributed by atoms with Gasteiger partial charge in [-0.25, -0.2) is 0 Å². The van der Waals surface area contributed by atoms with Gasteiger partial charge in [0.05, 0.1) is 11.4 Å². The van der Waals surface area contributed by atoms with Crippen molar-refractivity contribution in [2.45, 2.75) is 19.3 Å². The highest BCUT2D eigenvalue weighted by molar-refractivity contribution is 6.13. The Labute approximate surface area is 187 Å². The van der Waals surface area contributed by atoms with Crippen LogP contribution in [0.1, 0.15) is 25.0 Å². The third-order valence-electron chi connectivity index (χ3n) is 6.58. The van der Waals surface area contributed by atoms with Crippen LogP contribution < -0.4 is 5.32 Å². The quantitative estimate of drug-likeness (QED) is 0.283. The highest BCUT2D eigenvalue weighted by Crippen LogP contribution is 2.45. The molecule has 0 amide bonds. The van der Waals surface area contributed by atoms with Crippen LogP contribution in [0.2, 0.25) is 0 Å². The van der Waals surface area contributed by atoms with Crippen molar-refractivity contribution in [1.29, 1.82) is 0 Å². The highest BCUT2D eigenvalue weighted by atomic mass is 14.9. The molecular weight excluding hydrogens is 390 g/mol. The lowest BCUT2D eigenvalue weighted by molar-refractivity contribution is 0.638. The number of anilines is 2.